The Hall–Kier alpha value is -1.51. The third kappa shape index (κ3) is 2.64. The van der Waals surface area contributed by atoms with E-state index in [1.807, 2.05) is 0 Å². The van der Waals surface area contributed by atoms with E-state index in [4.69, 9.17) is 4.65 Å². The fraction of sp³-hybridized carbons (Fsp3) is 0.368. The monoisotopic (exact) mass is 303 g/mol. The lowest BCUT2D eigenvalue weighted by molar-refractivity contribution is 0.106. The number of fused-ring (bicyclic) bond motifs is 1. The summed E-state index contributed by atoms with van der Waals surface area (Å²) in [5.41, 5.74) is 2.23. The number of benzene rings is 2. The minimum atomic E-state index is -0.321. The molecule has 2 fully saturated rings. The molecule has 0 spiro atoms. The molecule has 2 saturated heterocycles. The van der Waals surface area contributed by atoms with Crippen molar-refractivity contribution in [2.75, 3.05) is 6.54 Å². The van der Waals surface area contributed by atoms with Gasteiger partial charge in [0.2, 0.25) is 0 Å². The first-order valence-corrected chi connectivity index (χ1v) is 8.45. The van der Waals surface area contributed by atoms with Gasteiger partial charge in [-0.15, -0.1) is 0 Å². The van der Waals surface area contributed by atoms with Crippen LogP contribution in [0.25, 0.3) is 0 Å². The summed E-state index contributed by atoms with van der Waals surface area (Å²) in [5, 5.41) is 0. The molecule has 2 aromatic rings. The van der Waals surface area contributed by atoms with Gasteiger partial charge < -0.3 is 9.47 Å². The molecule has 0 N–H and O–H groups in total. The maximum Gasteiger partial charge on any atom is 0.380 e. The van der Waals surface area contributed by atoms with Gasteiger partial charge in [0.05, 0.1) is 7.85 Å². The van der Waals surface area contributed by atoms with Gasteiger partial charge in [-0.3, -0.25) is 0 Å². The predicted molar refractivity (Wildman–Crippen MR) is 97.7 cm³/mol. The molecule has 0 saturated carbocycles. The first-order valence-electron chi connectivity index (χ1n) is 8.45. The van der Waals surface area contributed by atoms with Gasteiger partial charge in [0.1, 0.15) is 5.60 Å². The van der Waals surface area contributed by atoms with Crippen LogP contribution in [-0.2, 0) is 10.3 Å². The van der Waals surface area contributed by atoms with Crippen molar-refractivity contribution in [3.63, 3.8) is 0 Å². The first kappa shape index (κ1) is 16.4. The van der Waals surface area contributed by atoms with Crippen LogP contribution in [0.15, 0.2) is 60.7 Å². The Kier molecular flexibility index (Phi) is 4.93. The second kappa shape index (κ2) is 6.94. The van der Waals surface area contributed by atoms with E-state index in [1.54, 1.807) is 0 Å². The molecule has 23 heavy (non-hydrogen) atoms. The first-order chi connectivity index (χ1) is 11.3. The second-order valence-electron chi connectivity index (χ2n) is 6.08. The van der Waals surface area contributed by atoms with Crippen LogP contribution in [0.4, 0.5) is 0 Å². The molecule has 0 unspecified atom stereocenters. The maximum absolute atomic E-state index is 6.61. The van der Waals surface area contributed by atoms with Crippen molar-refractivity contribution in [3.05, 3.63) is 71.8 Å². The normalized spacial score (nSPS) is 22.3. The zero-order valence-electron chi connectivity index (χ0n) is 14.0. The number of nitrogens with zero attached hydrogens (tertiary/aromatic N) is 1. The second-order valence-corrected chi connectivity index (χ2v) is 6.08. The molecule has 2 radical (unpaired) electrons. The quantitative estimate of drug-likeness (QED) is 0.784. The van der Waals surface area contributed by atoms with Crippen LogP contribution in [0.5, 0.6) is 0 Å². The van der Waals surface area contributed by atoms with Gasteiger partial charge in [-0.1, -0.05) is 67.5 Å². The Morgan fingerprint density at radius 3 is 2.04 bits per heavy atom. The fourth-order valence-electron chi connectivity index (χ4n) is 4.14. The SMILES string of the molecule is CB1OC(c2ccccc2)(c2ccccc2)[C@@H]2CCCN12.[B]C. The Morgan fingerprint density at radius 2 is 1.52 bits per heavy atom. The van der Waals surface area contributed by atoms with Gasteiger partial charge in [-0.2, -0.15) is 0 Å². The van der Waals surface area contributed by atoms with Crippen molar-refractivity contribution in [1.29, 1.82) is 0 Å². The van der Waals surface area contributed by atoms with E-state index in [-0.39, 0.29) is 12.7 Å². The third-order valence-corrected chi connectivity index (χ3v) is 4.99. The molecule has 116 valence electrons. The van der Waals surface area contributed by atoms with Crippen LogP contribution in [0, 0.1) is 0 Å². The van der Waals surface area contributed by atoms with Gasteiger partial charge >= 0.3 is 7.05 Å². The molecule has 2 nitrogen and oxygen atoms in total. The molecule has 0 aliphatic carbocycles. The molecule has 2 aliphatic rings. The van der Waals surface area contributed by atoms with Crippen LogP contribution in [0.1, 0.15) is 24.0 Å². The van der Waals surface area contributed by atoms with E-state index in [9.17, 15) is 0 Å². The van der Waals surface area contributed by atoms with E-state index in [0.29, 0.717) is 6.04 Å². The van der Waals surface area contributed by atoms with Crippen molar-refractivity contribution >= 4 is 14.9 Å². The molecule has 4 rings (SSSR count). The fourth-order valence-corrected chi connectivity index (χ4v) is 4.14. The highest BCUT2D eigenvalue weighted by molar-refractivity contribution is 6.48. The number of hydrogen-bond acceptors (Lipinski definition) is 2. The standard InChI is InChI=1S/C18H20BNO.CH3B/c1-19-20-14-8-13-17(20)18(21-19,15-9-4-2-5-10-15)16-11-6-3-7-12-16;1-2/h2-7,9-12,17H,8,13-14H2,1H3;1H3/t17-;/m0./s1. The van der Waals surface area contributed by atoms with Gasteiger partial charge in [-0.05, 0) is 37.3 Å². The predicted octanol–water partition coefficient (Wildman–Crippen LogP) is 3.75. The molecule has 2 aliphatic heterocycles. The van der Waals surface area contributed by atoms with E-state index in [0.717, 1.165) is 6.54 Å². The molecule has 1 atom stereocenters. The zero-order valence-corrected chi connectivity index (χ0v) is 14.0. The summed E-state index contributed by atoms with van der Waals surface area (Å²) in [6.07, 6.45) is 2.47. The number of hydrogen-bond donors (Lipinski definition) is 0. The summed E-state index contributed by atoms with van der Waals surface area (Å²) in [7, 11) is 4.68. The lowest BCUT2D eigenvalue weighted by atomic mass is 9.79. The van der Waals surface area contributed by atoms with Gasteiger partial charge in [0.15, 0.2) is 0 Å². The van der Waals surface area contributed by atoms with Crippen molar-refractivity contribution < 1.29 is 4.65 Å². The summed E-state index contributed by atoms with van der Waals surface area (Å²) < 4.78 is 6.61. The zero-order chi connectivity index (χ0) is 16.3. The molecule has 0 aromatic heterocycles. The lowest BCUT2D eigenvalue weighted by Gasteiger charge is -2.36. The summed E-state index contributed by atoms with van der Waals surface area (Å²) in [6, 6.07) is 21.9. The summed E-state index contributed by atoms with van der Waals surface area (Å²) in [6.45, 7) is 4.83. The van der Waals surface area contributed by atoms with Crippen molar-refractivity contribution in [3.8, 4) is 0 Å². The molecule has 4 heteroatoms. The average Bonchev–Trinajstić information content (AvgIpc) is 3.22. The third-order valence-electron chi connectivity index (χ3n) is 4.99. The average molecular weight is 303 g/mol. The Morgan fingerprint density at radius 1 is 1.00 bits per heavy atom. The van der Waals surface area contributed by atoms with Crippen molar-refractivity contribution in [2.45, 2.75) is 38.1 Å². The minimum absolute atomic E-state index is 0.179. The molecular weight excluding hydrogens is 280 g/mol. The summed E-state index contributed by atoms with van der Waals surface area (Å²) in [5.74, 6) is 0. The topological polar surface area (TPSA) is 12.5 Å². The molecule has 2 aromatic carbocycles. The minimum Gasteiger partial charge on any atom is -0.406 e. The maximum atomic E-state index is 6.61. The summed E-state index contributed by atoms with van der Waals surface area (Å²) >= 11 is 0. The molecular formula is C19H23B2NO. The largest absolute Gasteiger partial charge is 0.406 e. The number of rotatable bonds is 2. The lowest BCUT2D eigenvalue weighted by Crippen LogP contribution is -2.41. The van der Waals surface area contributed by atoms with Crippen LogP contribution in [0.2, 0.25) is 13.6 Å². The van der Waals surface area contributed by atoms with E-state index in [2.05, 4.69) is 80.1 Å². The highest BCUT2D eigenvalue weighted by Crippen LogP contribution is 2.48. The summed E-state index contributed by atoms with van der Waals surface area (Å²) in [4.78, 5) is 2.53. The highest BCUT2D eigenvalue weighted by Gasteiger charge is 2.56. The van der Waals surface area contributed by atoms with Crippen LogP contribution >= 0.6 is 0 Å². The molecule has 0 amide bonds. The van der Waals surface area contributed by atoms with Gasteiger partial charge in [0, 0.05) is 6.04 Å². The van der Waals surface area contributed by atoms with Crippen LogP contribution in [0.3, 0.4) is 0 Å². The highest BCUT2D eigenvalue weighted by atomic mass is 16.5. The molecule has 0 bridgehead atoms. The smallest absolute Gasteiger partial charge is 0.380 e. The van der Waals surface area contributed by atoms with Gasteiger partial charge in [-0.25, -0.2) is 0 Å². The van der Waals surface area contributed by atoms with Crippen LogP contribution in [-0.4, -0.2) is 32.3 Å². The van der Waals surface area contributed by atoms with Crippen molar-refractivity contribution in [2.24, 2.45) is 0 Å². The Labute approximate surface area is 141 Å². The molecule has 2 heterocycles. The Balaban J connectivity index is 0.000000753. The van der Waals surface area contributed by atoms with E-state index in [1.165, 1.54) is 30.8 Å². The van der Waals surface area contributed by atoms with E-state index >= 15 is 0 Å². The van der Waals surface area contributed by atoms with Crippen LogP contribution < -0.4 is 0 Å². The van der Waals surface area contributed by atoms with Gasteiger partial charge in [0.25, 0.3) is 0 Å². The van der Waals surface area contributed by atoms with E-state index < -0.39 is 0 Å². The Bertz CT molecular complexity index is 580. The van der Waals surface area contributed by atoms with Crippen molar-refractivity contribution in [1.82, 2.24) is 4.81 Å².